The van der Waals surface area contributed by atoms with E-state index >= 15 is 0 Å². The van der Waals surface area contributed by atoms with Crippen molar-refractivity contribution in [2.75, 3.05) is 26.2 Å². The van der Waals surface area contributed by atoms with E-state index in [0.29, 0.717) is 6.04 Å². The van der Waals surface area contributed by atoms with Crippen LogP contribution in [0.15, 0.2) is 83.8 Å². The highest BCUT2D eigenvalue weighted by Crippen LogP contribution is 2.25. The maximum atomic E-state index is 13.2. The molecule has 180 valence electrons. The quantitative estimate of drug-likeness (QED) is 0.464. The number of benzene rings is 3. The van der Waals surface area contributed by atoms with E-state index in [9.17, 15) is 13.5 Å². The predicted octanol–water partition coefficient (Wildman–Crippen LogP) is 4.56. The zero-order chi connectivity index (χ0) is 24.0. The molecule has 0 bridgehead atoms. The molecule has 0 spiro atoms. The lowest BCUT2D eigenvalue weighted by atomic mass is 10.0. The third kappa shape index (κ3) is 5.94. The second kappa shape index (κ2) is 11.3. The third-order valence-corrected chi connectivity index (χ3v) is 8.57. The molecule has 1 heterocycles. The Balaban J connectivity index is 1.44. The van der Waals surface area contributed by atoms with Crippen molar-refractivity contribution in [2.45, 2.75) is 43.7 Å². The van der Waals surface area contributed by atoms with Crippen LogP contribution in [0, 0.1) is 0 Å². The molecule has 0 amide bonds. The highest BCUT2D eigenvalue weighted by atomic mass is 32.2. The van der Waals surface area contributed by atoms with Gasteiger partial charge in [-0.2, -0.15) is 4.31 Å². The minimum Gasteiger partial charge on any atom is -0.395 e. The van der Waals surface area contributed by atoms with Crippen molar-refractivity contribution < 1.29 is 13.5 Å². The van der Waals surface area contributed by atoms with Gasteiger partial charge in [-0.15, -0.1) is 0 Å². The molecule has 6 heteroatoms. The lowest BCUT2D eigenvalue weighted by Crippen LogP contribution is -2.33. The SMILES string of the molecule is CC1CCCN1CCc1ccc(-c2ccc(S(=O)(=O)N(CCO)Cc3ccccc3)cc2)cc1. The van der Waals surface area contributed by atoms with E-state index in [1.807, 2.05) is 42.5 Å². The maximum absolute atomic E-state index is 13.2. The van der Waals surface area contributed by atoms with Crippen LogP contribution in [0.4, 0.5) is 0 Å². The highest BCUT2D eigenvalue weighted by Gasteiger charge is 2.24. The second-order valence-electron chi connectivity index (χ2n) is 9.05. The summed E-state index contributed by atoms with van der Waals surface area (Å²) in [7, 11) is -3.72. The summed E-state index contributed by atoms with van der Waals surface area (Å²) in [6, 6.07) is 25.7. The first-order valence-electron chi connectivity index (χ1n) is 12.1. The van der Waals surface area contributed by atoms with E-state index < -0.39 is 10.0 Å². The second-order valence-corrected chi connectivity index (χ2v) is 11.0. The average Bonchev–Trinajstić information content (AvgIpc) is 3.28. The van der Waals surface area contributed by atoms with Gasteiger partial charge in [-0.3, -0.25) is 0 Å². The van der Waals surface area contributed by atoms with Gasteiger partial charge in [0.1, 0.15) is 0 Å². The summed E-state index contributed by atoms with van der Waals surface area (Å²) in [6.45, 7) is 4.66. The van der Waals surface area contributed by atoms with Crippen LogP contribution in [-0.4, -0.2) is 55.0 Å². The van der Waals surface area contributed by atoms with Crippen LogP contribution in [0.2, 0.25) is 0 Å². The minimum atomic E-state index is -3.72. The Labute approximate surface area is 203 Å². The molecule has 3 aromatic rings. The summed E-state index contributed by atoms with van der Waals surface area (Å²) in [6.07, 6.45) is 3.65. The molecule has 0 saturated carbocycles. The van der Waals surface area contributed by atoms with Crippen molar-refractivity contribution in [3.8, 4) is 11.1 Å². The number of nitrogens with zero attached hydrogens (tertiary/aromatic N) is 2. The Morgan fingerprint density at radius 1 is 0.912 bits per heavy atom. The molecule has 1 saturated heterocycles. The molecular weight excluding hydrogens is 444 g/mol. The Kier molecular flexibility index (Phi) is 8.16. The molecule has 0 radical (unpaired) electrons. The number of hydrogen-bond donors (Lipinski definition) is 1. The van der Waals surface area contributed by atoms with E-state index in [2.05, 4.69) is 36.1 Å². The number of hydrogen-bond acceptors (Lipinski definition) is 4. The van der Waals surface area contributed by atoms with Crippen molar-refractivity contribution in [3.05, 3.63) is 90.0 Å². The van der Waals surface area contributed by atoms with Gasteiger partial charge in [-0.05, 0) is 67.1 Å². The van der Waals surface area contributed by atoms with Crippen LogP contribution in [0.25, 0.3) is 11.1 Å². The van der Waals surface area contributed by atoms with Crippen LogP contribution in [0.3, 0.4) is 0 Å². The molecule has 1 aliphatic heterocycles. The van der Waals surface area contributed by atoms with Gasteiger partial charge in [-0.25, -0.2) is 8.42 Å². The largest absolute Gasteiger partial charge is 0.395 e. The maximum Gasteiger partial charge on any atom is 0.243 e. The van der Waals surface area contributed by atoms with Gasteiger partial charge in [0.15, 0.2) is 0 Å². The molecule has 1 unspecified atom stereocenters. The van der Waals surface area contributed by atoms with Crippen LogP contribution in [0.5, 0.6) is 0 Å². The lowest BCUT2D eigenvalue weighted by Gasteiger charge is -2.21. The van der Waals surface area contributed by atoms with Crippen molar-refractivity contribution in [1.82, 2.24) is 9.21 Å². The van der Waals surface area contributed by atoms with E-state index in [4.69, 9.17) is 0 Å². The minimum absolute atomic E-state index is 0.0522. The fourth-order valence-electron chi connectivity index (χ4n) is 4.61. The fourth-order valence-corrected chi connectivity index (χ4v) is 6.03. The van der Waals surface area contributed by atoms with Gasteiger partial charge in [-0.1, -0.05) is 66.7 Å². The first kappa shape index (κ1) is 24.6. The summed E-state index contributed by atoms with van der Waals surface area (Å²) in [5.74, 6) is 0. The normalized spacial score (nSPS) is 16.9. The molecule has 1 N–H and O–H groups in total. The van der Waals surface area contributed by atoms with Gasteiger partial charge in [0.2, 0.25) is 10.0 Å². The average molecular weight is 479 g/mol. The Bertz CT molecular complexity index is 1150. The topological polar surface area (TPSA) is 60.9 Å². The molecule has 3 aromatic carbocycles. The smallest absolute Gasteiger partial charge is 0.243 e. The molecule has 1 fully saturated rings. The number of rotatable bonds is 10. The summed E-state index contributed by atoms with van der Waals surface area (Å²) in [5, 5.41) is 9.44. The molecule has 5 nitrogen and oxygen atoms in total. The number of aliphatic hydroxyl groups excluding tert-OH is 1. The fraction of sp³-hybridized carbons (Fsp3) is 0.357. The zero-order valence-corrected chi connectivity index (χ0v) is 20.6. The van der Waals surface area contributed by atoms with Crippen LogP contribution < -0.4 is 0 Å². The zero-order valence-electron chi connectivity index (χ0n) is 19.8. The molecule has 4 rings (SSSR count). The van der Waals surface area contributed by atoms with Crippen molar-refractivity contribution in [1.29, 1.82) is 0 Å². The monoisotopic (exact) mass is 478 g/mol. The van der Waals surface area contributed by atoms with Crippen molar-refractivity contribution in [2.24, 2.45) is 0 Å². The Morgan fingerprint density at radius 2 is 1.56 bits per heavy atom. The first-order chi connectivity index (χ1) is 16.5. The van der Waals surface area contributed by atoms with Gasteiger partial charge >= 0.3 is 0 Å². The molecular formula is C28H34N2O3S. The summed E-state index contributed by atoms with van der Waals surface area (Å²) >= 11 is 0. The van der Waals surface area contributed by atoms with Gasteiger partial charge in [0.05, 0.1) is 11.5 Å². The first-order valence-corrected chi connectivity index (χ1v) is 13.5. The van der Waals surface area contributed by atoms with E-state index in [0.717, 1.165) is 29.7 Å². The molecule has 0 aromatic heterocycles. The highest BCUT2D eigenvalue weighted by molar-refractivity contribution is 7.89. The van der Waals surface area contributed by atoms with E-state index in [1.54, 1.807) is 12.1 Å². The standard InChI is InChI=1S/C28H34N2O3S/c1-23-6-5-18-29(23)19-17-24-9-11-26(12-10-24)27-13-15-28(16-14-27)34(32,33)30(20-21-31)22-25-7-3-2-4-8-25/h2-4,7-16,23,31H,5-6,17-22H2,1H3. The Hall–Kier alpha value is -2.51. The number of likely N-dealkylation sites (tertiary alicyclic amines) is 1. The van der Waals surface area contributed by atoms with Gasteiger partial charge in [0, 0.05) is 25.7 Å². The van der Waals surface area contributed by atoms with Gasteiger partial charge in [0.25, 0.3) is 0 Å². The van der Waals surface area contributed by atoms with Crippen molar-refractivity contribution in [3.63, 3.8) is 0 Å². The molecule has 0 aliphatic carbocycles. The van der Waals surface area contributed by atoms with Gasteiger partial charge < -0.3 is 10.0 Å². The van der Waals surface area contributed by atoms with E-state index in [1.165, 1.54) is 29.3 Å². The van der Waals surface area contributed by atoms with Crippen LogP contribution in [-0.2, 0) is 23.0 Å². The Morgan fingerprint density at radius 3 is 2.15 bits per heavy atom. The summed E-state index contributed by atoms with van der Waals surface area (Å²) in [5.41, 5.74) is 4.26. The summed E-state index contributed by atoms with van der Waals surface area (Å²) in [4.78, 5) is 2.79. The lowest BCUT2D eigenvalue weighted by molar-refractivity contribution is 0.251. The van der Waals surface area contributed by atoms with E-state index in [-0.39, 0.29) is 24.6 Å². The predicted molar refractivity (Wildman–Crippen MR) is 137 cm³/mol. The summed E-state index contributed by atoms with van der Waals surface area (Å²) < 4.78 is 27.8. The molecule has 34 heavy (non-hydrogen) atoms. The number of aliphatic hydroxyl groups is 1. The number of sulfonamides is 1. The third-order valence-electron chi connectivity index (χ3n) is 6.71. The molecule has 1 aliphatic rings. The van der Waals surface area contributed by atoms with Crippen LogP contribution in [0.1, 0.15) is 30.9 Å². The van der Waals surface area contributed by atoms with Crippen LogP contribution >= 0.6 is 0 Å². The molecule has 1 atom stereocenters. The van der Waals surface area contributed by atoms with Crippen molar-refractivity contribution >= 4 is 10.0 Å².